The number of hydrogen-bond acceptors (Lipinski definition) is 4. The van der Waals surface area contributed by atoms with Crippen molar-refractivity contribution in [3.05, 3.63) is 36.0 Å². The second-order valence-electron chi connectivity index (χ2n) is 11.3. The molecular weight excluding hydrogens is 428 g/mol. The van der Waals surface area contributed by atoms with Crippen LogP contribution in [0.3, 0.4) is 0 Å². The number of alkyl carbamates (subject to hydrolysis) is 1. The molecule has 3 rings (SSSR count). The average molecular weight is 473 g/mol. The maximum Gasteiger partial charge on any atom is 0.407 e. The Labute approximate surface area is 205 Å². The number of carbonyl (C=O) groups is 2. The third kappa shape index (κ3) is 8.61. The lowest BCUT2D eigenvalue weighted by Gasteiger charge is -2.40. The fourth-order valence-corrected chi connectivity index (χ4v) is 5.52. The van der Waals surface area contributed by atoms with E-state index in [0.29, 0.717) is 11.3 Å². The molecule has 0 radical (unpaired) electrons. The largest absolute Gasteiger partial charge is 0.442 e. The van der Waals surface area contributed by atoms with Crippen molar-refractivity contribution in [3.63, 3.8) is 0 Å². The van der Waals surface area contributed by atoms with Crippen molar-refractivity contribution < 1.29 is 19.1 Å². The number of allylic oxidation sites excluding steroid dienone is 3. The Bertz CT molecular complexity index is 795. The molecule has 0 bridgehead atoms. The van der Waals surface area contributed by atoms with Crippen LogP contribution in [-0.4, -0.2) is 42.9 Å². The standard InChI is InChI=1S/C28H44N2O4/c1-20(7-14-24-18-28(16-17-28)19-27(3,4)34-24)6-9-22-10-12-23(13-11-22)30-25(31)15-8-21(2)33-26(32)29-5/h6-8,14-15,21-24H,9-13,16-19H2,1-5H3,(H,29,32)(H,30,31)/b14-7+,15-8-,20-6+/t21-,22?,23?,24?/m0/s1. The summed E-state index contributed by atoms with van der Waals surface area (Å²) in [5, 5.41) is 5.47. The molecule has 1 heterocycles. The van der Waals surface area contributed by atoms with E-state index in [0.717, 1.165) is 32.1 Å². The third-order valence-electron chi connectivity index (χ3n) is 7.42. The number of rotatable bonds is 8. The average Bonchev–Trinajstić information content (AvgIpc) is 3.51. The molecule has 2 amide bonds. The second kappa shape index (κ2) is 11.6. The topological polar surface area (TPSA) is 76.7 Å². The number of hydrogen-bond donors (Lipinski definition) is 2. The van der Waals surface area contributed by atoms with Gasteiger partial charge in [0.15, 0.2) is 0 Å². The molecule has 2 aliphatic carbocycles. The van der Waals surface area contributed by atoms with Crippen LogP contribution >= 0.6 is 0 Å². The SMILES string of the molecule is CNC(=O)O[C@@H](C)/C=C\C(=O)NC1CCC(C/C=C(C)/C=C/C2CC3(CC3)CC(C)(C)O2)CC1. The molecular formula is C28H44N2O4. The van der Waals surface area contributed by atoms with E-state index in [4.69, 9.17) is 9.47 Å². The maximum atomic E-state index is 12.2. The van der Waals surface area contributed by atoms with Gasteiger partial charge in [0.25, 0.3) is 0 Å². The molecule has 190 valence electrons. The van der Waals surface area contributed by atoms with E-state index in [-0.39, 0.29) is 23.7 Å². The maximum absolute atomic E-state index is 12.2. The monoisotopic (exact) mass is 472 g/mol. The van der Waals surface area contributed by atoms with Crippen LogP contribution in [0, 0.1) is 11.3 Å². The van der Waals surface area contributed by atoms with Crippen LogP contribution < -0.4 is 10.6 Å². The van der Waals surface area contributed by atoms with E-state index in [9.17, 15) is 9.59 Å². The second-order valence-corrected chi connectivity index (χ2v) is 11.3. The summed E-state index contributed by atoms with van der Waals surface area (Å²) in [4.78, 5) is 23.4. The van der Waals surface area contributed by atoms with E-state index in [2.05, 4.69) is 49.6 Å². The number of nitrogens with one attached hydrogen (secondary N) is 2. The zero-order valence-corrected chi connectivity index (χ0v) is 21.7. The van der Waals surface area contributed by atoms with Crippen LogP contribution in [0.2, 0.25) is 0 Å². The van der Waals surface area contributed by atoms with Gasteiger partial charge in [-0.2, -0.15) is 0 Å². The lowest BCUT2D eigenvalue weighted by Crippen LogP contribution is -2.39. The van der Waals surface area contributed by atoms with Crippen LogP contribution in [0.15, 0.2) is 36.0 Å². The van der Waals surface area contributed by atoms with Gasteiger partial charge < -0.3 is 20.1 Å². The van der Waals surface area contributed by atoms with Gasteiger partial charge in [-0.1, -0.05) is 23.8 Å². The van der Waals surface area contributed by atoms with Gasteiger partial charge in [0.05, 0.1) is 11.7 Å². The van der Waals surface area contributed by atoms with E-state index < -0.39 is 12.2 Å². The molecule has 0 aromatic carbocycles. The highest BCUT2D eigenvalue weighted by atomic mass is 16.6. The van der Waals surface area contributed by atoms with Gasteiger partial charge >= 0.3 is 6.09 Å². The van der Waals surface area contributed by atoms with Crippen LogP contribution in [0.5, 0.6) is 0 Å². The molecule has 3 fully saturated rings. The first kappa shape index (κ1) is 26.5. The van der Waals surface area contributed by atoms with Crippen LogP contribution in [0.25, 0.3) is 0 Å². The Balaban J connectivity index is 1.35. The molecule has 2 N–H and O–H groups in total. The summed E-state index contributed by atoms with van der Waals surface area (Å²) in [6.07, 6.45) is 19.7. The zero-order chi connectivity index (χ0) is 24.8. The number of carbonyl (C=O) groups excluding carboxylic acids is 2. The van der Waals surface area contributed by atoms with Crippen molar-refractivity contribution in [1.29, 1.82) is 0 Å². The molecule has 2 saturated carbocycles. The predicted molar refractivity (Wildman–Crippen MR) is 135 cm³/mol. The summed E-state index contributed by atoms with van der Waals surface area (Å²) >= 11 is 0. The minimum absolute atomic E-state index is 0.0111. The molecule has 34 heavy (non-hydrogen) atoms. The Morgan fingerprint density at radius 1 is 1.15 bits per heavy atom. The Morgan fingerprint density at radius 3 is 2.50 bits per heavy atom. The molecule has 6 heteroatoms. The van der Waals surface area contributed by atoms with E-state index in [1.165, 1.54) is 44.4 Å². The summed E-state index contributed by atoms with van der Waals surface area (Å²) in [6.45, 7) is 8.37. The van der Waals surface area contributed by atoms with Crippen LogP contribution in [0.1, 0.15) is 85.5 Å². The summed E-state index contributed by atoms with van der Waals surface area (Å²) in [5.41, 5.74) is 1.85. The lowest BCUT2D eigenvalue weighted by atomic mass is 9.82. The van der Waals surface area contributed by atoms with Crippen molar-refractivity contribution in [3.8, 4) is 0 Å². The van der Waals surface area contributed by atoms with Crippen molar-refractivity contribution in [2.75, 3.05) is 7.05 Å². The molecule has 0 aromatic heterocycles. The van der Waals surface area contributed by atoms with Crippen molar-refractivity contribution >= 4 is 12.0 Å². The molecule has 0 aromatic rings. The molecule has 1 aliphatic heterocycles. The molecule has 1 saturated heterocycles. The highest BCUT2D eigenvalue weighted by Gasteiger charge is 2.51. The highest BCUT2D eigenvalue weighted by Crippen LogP contribution is 2.58. The number of ether oxygens (including phenoxy) is 2. The third-order valence-corrected chi connectivity index (χ3v) is 7.42. The van der Waals surface area contributed by atoms with Gasteiger partial charge in [0.2, 0.25) is 5.91 Å². The Morgan fingerprint density at radius 2 is 1.85 bits per heavy atom. The smallest absolute Gasteiger partial charge is 0.407 e. The minimum Gasteiger partial charge on any atom is -0.442 e. The quantitative estimate of drug-likeness (QED) is 0.356. The molecule has 2 atom stereocenters. The van der Waals surface area contributed by atoms with E-state index >= 15 is 0 Å². The summed E-state index contributed by atoms with van der Waals surface area (Å²) < 4.78 is 11.4. The molecule has 1 spiro atoms. The zero-order valence-electron chi connectivity index (χ0n) is 21.7. The molecule has 3 aliphatic rings. The van der Waals surface area contributed by atoms with Crippen LogP contribution in [0.4, 0.5) is 4.79 Å². The molecule has 6 nitrogen and oxygen atoms in total. The van der Waals surface area contributed by atoms with Gasteiger partial charge in [0.1, 0.15) is 6.10 Å². The van der Waals surface area contributed by atoms with Crippen molar-refractivity contribution in [2.45, 2.75) is 109 Å². The highest BCUT2D eigenvalue weighted by molar-refractivity contribution is 5.87. The predicted octanol–water partition coefficient (Wildman–Crippen LogP) is 5.59. The fourth-order valence-electron chi connectivity index (χ4n) is 5.52. The first-order chi connectivity index (χ1) is 16.1. The Hall–Kier alpha value is -2.08. The molecule has 1 unspecified atom stereocenters. The lowest BCUT2D eigenvalue weighted by molar-refractivity contribution is -0.117. The van der Waals surface area contributed by atoms with Crippen molar-refractivity contribution in [2.24, 2.45) is 11.3 Å². The summed E-state index contributed by atoms with van der Waals surface area (Å²) in [7, 11) is 1.51. The van der Waals surface area contributed by atoms with Gasteiger partial charge in [0, 0.05) is 19.2 Å². The summed E-state index contributed by atoms with van der Waals surface area (Å²) in [6, 6.07) is 0.218. The van der Waals surface area contributed by atoms with Gasteiger partial charge in [-0.15, -0.1) is 0 Å². The first-order valence-electron chi connectivity index (χ1n) is 13.0. The van der Waals surface area contributed by atoms with Crippen LogP contribution in [-0.2, 0) is 14.3 Å². The van der Waals surface area contributed by atoms with Gasteiger partial charge in [-0.25, -0.2) is 4.79 Å². The Kier molecular flexibility index (Phi) is 9.02. The fraction of sp³-hybridized carbons (Fsp3) is 0.714. The van der Waals surface area contributed by atoms with Crippen molar-refractivity contribution in [1.82, 2.24) is 10.6 Å². The summed E-state index contributed by atoms with van der Waals surface area (Å²) in [5.74, 6) is 0.547. The van der Waals surface area contributed by atoms with E-state index in [1.54, 1.807) is 13.0 Å². The minimum atomic E-state index is -0.506. The first-order valence-corrected chi connectivity index (χ1v) is 13.0. The van der Waals surface area contributed by atoms with E-state index in [1.807, 2.05) is 0 Å². The van der Waals surface area contributed by atoms with Gasteiger partial charge in [-0.05, 0) is 103 Å². The number of amides is 2. The van der Waals surface area contributed by atoms with Gasteiger partial charge in [-0.3, -0.25) is 4.79 Å². The normalized spacial score (nSPS) is 29.2.